The van der Waals surface area contributed by atoms with Crippen LogP contribution >= 0.6 is 0 Å². The molecule has 0 spiro atoms. The fraction of sp³-hybridized carbons (Fsp3) is 0.300. The van der Waals surface area contributed by atoms with Gasteiger partial charge in [-0.3, -0.25) is 10.5 Å². The number of fused-ring (bicyclic) bond motifs is 1. The lowest BCUT2D eigenvalue weighted by molar-refractivity contribution is -0.119. The summed E-state index contributed by atoms with van der Waals surface area (Å²) in [5.41, 5.74) is 8.71. The minimum atomic E-state index is -0.610. The molecular formula is C10H12N3O. The summed E-state index contributed by atoms with van der Waals surface area (Å²) in [6.45, 7) is 3.61. The molecule has 1 heterocycles. The molecule has 1 aromatic carbocycles. The third-order valence-electron chi connectivity index (χ3n) is 2.32. The molecule has 0 aromatic heterocycles. The number of rotatable bonds is 0. The molecule has 4 nitrogen and oxygen atoms in total. The number of para-hydroxylation sites is 1. The number of carbonyl (C=O) groups excluding carboxylic acids is 1. The van der Waals surface area contributed by atoms with Crippen LogP contribution in [0.1, 0.15) is 13.8 Å². The lowest BCUT2D eigenvalue weighted by Crippen LogP contribution is -2.47. The van der Waals surface area contributed by atoms with E-state index in [4.69, 9.17) is 5.73 Å². The highest BCUT2D eigenvalue weighted by atomic mass is 16.2. The van der Waals surface area contributed by atoms with Gasteiger partial charge in [0.1, 0.15) is 5.54 Å². The molecule has 0 saturated heterocycles. The number of benzene rings is 1. The van der Waals surface area contributed by atoms with Gasteiger partial charge in [0.2, 0.25) is 5.91 Å². The largest absolute Gasteiger partial charge is 0.370 e. The number of hydrogen-bond donors (Lipinski definition) is 2. The Morgan fingerprint density at radius 1 is 1.36 bits per heavy atom. The average molecular weight is 190 g/mol. The molecule has 0 atom stereocenters. The Balaban J connectivity index is 2.51. The minimum absolute atomic E-state index is 0.107. The van der Waals surface area contributed by atoms with Crippen LogP contribution in [0.5, 0.6) is 0 Å². The van der Waals surface area contributed by atoms with Crippen LogP contribution in [0.2, 0.25) is 0 Å². The van der Waals surface area contributed by atoms with E-state index in [1.165, 1.54) is 0 Å². The predicted molar refractivity (Wildman–Crippen MR) is 55.5 cm³/mol. The Morgan fingerprint density at radius 3 is 2.79 bits per heavy atom. The first-order valence-corrected chi connectivity index (χ1v) is 4.45. The van der Waals surface area contributed by atoms with Gasteiger partial charge in [-0.1, -0.05) is 6.07 Å². The van der Waals surface area contributed by atoms with Gasteiger partial charge >= 0.3 is 0 Å². The van der Waals surface area contributed by atoms with Gasteiger partial charge in [0.15, 0.2) is 0 Å². The van der Waals surface area contributed by atoms with E-state index in [-0.39, 0.29) is 5.91 Å². The van der Waals surface area contributed by atoms with Crippen molar-refractivity contribution in [2.45, 2.75) is 19.4 Å². The zero-order valence-electron chi connectivity index (χ0n) is 8.14. The number of hydrogen-bond acceptors (Lipinski definition) is 2. The molecule has 1 aliphatic heterocycles. The van der Waals surface area contributed by atoms with Gasteiger partial charge in [0.05, 0.1) is 17.1 Å². The van der Waals surface area contributed by atoms with Gasteiger partial charge in [-0.25, -0.2) is 0 Å². The van der Waals surface area contributed by atoms with E-state index in [0.717, 1.165) is 5.69 Å². The van der Waals surface area contributed by atoms with E-state index >= 15 is 0 Å². The molecule has 0 saturated carbocycles. The molecule has 1 radical (unpaired) electrons. The molecular weight excluding hydrogens is 178 g/mol. The van der Waals surface area contributed by atoms with Crippen molar-refractivity contribution >= 4 is 23.0 Å². The standard InChI is InChI=1S/C10H12N3O/c1-10(2)9(14)12-8-6(11)4-3-5-7(8)13-10/h3-5,11,13H,1-2H3,(H,12,14). The maximum atomic E-state index is 11.6. The predicted octanol–water partition coefficient (Wildman–Crippen LogP) is 1.74. The SMILES string of the molecule is CC1(C)Nc2cccc([NH])c2NC1=O. The molecule has 1 aromatic rings. The first-order chi connectivity index (χ1) is 6.50. The highest BCUT2D eigenvalue weighted by Gasteiger charge is 2.33. The van der Waals surface area contributed by atoms with Gasteiger partial charge in [-0.15, -0.1) is 0 Å². The molecule has 0 bridgehead atoms. The number of anilines is 2. The first kappa shape index (κ1) is 8.87. The Kier molecular flexibility index (Phi) is 1.67. The first-order valence-electron chi connectivity index (χ1n) is 4.45. The molecule has 1 amide bonds. The van der Waals surface area contributed by atoms with Crippen molar-refractivity contribution in [2.75, 3.05) is 10.6 Å². The van der Waals surface area contributed by atoms with Crippen molar-refractivity contribution in [3.63, 3.8) is 0 Å². The van der Waals surface area contributed by atoms with Crippen LogP contribution in [0.4, 0.5) is 17.1 Å². The van der Waals surface area contributed by atoms with Crippen molar-refractivity contribution in [3.05, 3.63) is 18.2 Å². The van der Waals surface area contributed by atoms with Crippen molar-refractivity contribution in [1.82, 2.24) is 5.73 Å². The van der Waals surface area contributed by atoms with Gasteiger partial charge < -0.3 is 10.6 Å². The van der Waals surface area contributed by atoms with E-state index in [9.17, 15) is 4.79 Å². The Morgan fingerprint density at radius 2 is 2.07 bits per heavy atom. The molecule has 3 N–H and O–H groups in total. The van der Waals surface area contributed by atoms with Gasteiger partial charge in [0, 0.05) is 0 Å². The smallest absolute Gasteiger partial charge is 0.249 e. The number of nitrogens with one attached hydrogen (secondary N) is 3. The van der Waals surface area contributed by atoms with Crippen LogP contribution in [0.3, 0.4) is 0 Å². The van der Waals surface area contributed by atoms with Gasteiger partial charge in [-0.2, -0.15) is 0 Å². The Labute approximate surface area is 82.5 Å². The monoisotopic (exact) mass is 190 g/mol. The molecule has 4 heteroatoms. The second-order valence-corrected chi connectivity index (χ2v) is 3.93. The molecule has 14 heavy (non-hydrogen) atoms. The fourth-order valence-corrected chi connectivity index (χ4v) is 1.45. The highest BCUT2D eigenvalue weighted by molar-refractivity contribution is 6.07. The topological polar surface area (TPSA) is 64.9 Å². The van der Waals surface area contributed by atoms with E-state index in [0.29, 0.717) is 11.4 Å². The van der Waals surface area contributed by atoms with Crippen molar-refractivity contribution in [2.24, 2.45) is 0 Å². The second kappa shape index (κ2) is 2.64. The van der Waals surface area contributed by atoms with Crippen LogP contribution in [0.25, 0.3) is 0 Å². The lowest BCUT2D eigenvalue weighted by Gasteiger charge is -2.33. The maximum absolute atomic E-state index is 11.6. The Bertz CT molecular complexity index is 398. The van der Waals surface area contributed by atoms with E-state index in [2.05, 4.69) is 10.6 Å². The summed E-state index contributed by atoms with van der Waals surface area (Å²) in [6, 6.07) is 5.30. The molecule has 1 aliphatic rings. The molecule has 2 rings (SSSR count). The van der Waals surface area contributed by atoms with Crippen LogP contribution in [0, 0.1) is 0 Å². The number of carbonyl (C=O) groups is 1. The van der Waals surface area contributed by atoms with Crippen LogP contribution < -0.4 is 16.4 Å². The normalized spacial score (nSPS) is 18.0. The van der Waals surface area contributed by atoms with E-state index in [1.807, 2.05) is 19.9 Å². The third-order valence-corrected chi connectivity index (χ3v) is 2.32. The summed E-state index contributed by atoms with van der Waals surface area (Å²) in [5, 5.41) is 5.82. The van der Waals surface area contributed by atoms with Crippen LogP contribution in [-0.2, 0) is 4.79 Å². The number of amides is 1. The zero-order chi connectivity index (χ0) is 10.3. The van der Waals surface area contributed by atoms with Gasteiger partial charge in [-0.05, 0) is 26.0 Å². The third kappa shape index (κ3) is 1.19. The summed E-state index contributed by atoms with van der Waals surface area (Å²) in [6.07, 6.45) is 0. The van der Waals surface area contributed by atoms with Crippen molar-refractivity contribution in [1.29, 1.82) is 0 Å². The molecule has 0 unspecified atom stereocenters. The summed E-state index contributed by atoms with van der Waals surface area (Å²) in [5.74, 6) is -0.107. The minimum Gasteiger partial charge on any atom is -0.370 e. The molecule has 73 valence electrons. The zero-order valence-corrected chi connectivity index (χ0v) is 8.14. The second-order valence-electron chi connectivity index (χ2n) is 3.93. The summed E-state index contributed by atoms with van der Waals surface area (Å²) in [4.78, 5) is 11.6. The maximum Gasteiger partial charge on any atom is 0.249 e. The quantitative estimate of drug-likeness (QED) is 0.654. The van der Waals surface area contributed by atoms with E-state index in [1.54, 1.807) is 12.1 Å². The van der Waals surface area contributed by atoms with Gasteiger partial charge in [0.25, 0.3) is 0 Å². The summed E-state index contributed by atoms with van der Waals surface area (Å²) in [7, 11) is 0. The van der Waals surface area contributed by atoms with Crippen molar-refractivity contribution in [3.8, 4) is 0 Å². The van der Waals surface area contributed by atoms with Crippen molar-refractivity contribution < 1.29 is 4.79 Å². The highest BCUT2D eigenvalue weighted by Crippen LogP contribution is 2.35. The summed E-state index contributed by atoms with van der Waals surface area (Å²) >= 11 is 0. The molecule has 0 aliphatic carbocycles. The van der Waals surface area contributed by atoms with Crippen LogP contribution in [-0.4, -0.2) is 11.4 Å². The van der Waals surface area contributed by atoms with E-state index < -0.39 is 5.54 Å². The summed E-state index contributed by atoms with van der Waals surface area (Å²) < 4.78 is 0. The average Bonchev–Trinajstić information content (AvgIpc) is 2.08. The Hall–Kier alpha value is -1.71. The lowest BCUT2D eigenvalue weighted by atomic mass is 10.00. The fourth-order valence-electron chi connectivity index (χ4n) is 1.45. The van der Waals surface area contributed by atoms with Crippen LogP contribution in [0.15, 0.2) is 18.2 Å². The molecule has 0 fully saturated rings.